The summed E-state index contributed by atoms with van der Waals surface area (Å²) in [6.07, 6.45) is 9.07. The van der Waals surface area contributed by atoms with Crippen LogP contribution in [0.5, 0.6) is 0 Å². The van der Waals surface area contributed by atoms with Crippen LogP contribution < -0.4 is 9.80 Å². The van der Waals surface area contributed by atoms with Crippen molar-refractivity contribution in [1.82, 2.24) is 0 Å². The second-order valence-electron chi connectivity index (χ2n) is 10.8. The van der Waals surface area contributed by atoms with Gasteiger partial charge in [0.1, 0.15) is 0 Å². The van der Waals surface area contributed by atoms with Crippen LogP contribution in [0.3, 0.4) is 0 Å². The predicted octanol–water partition coefficient (Wildman–Crippen LogP) is 10.5. The highest BCUT2D eigenvalue weighted by molar-refractivity contribution is 5.79. The molecule has 1 unspecified atom stereocenters. The van der Waals surface area contributed by atoms with Crippen molar-refractivity contribution in [1.29, 1.82) is 0 Å². The highest BCUT2D eigenvalue weighted by Gasteiger charge is 2.20. The Morgan fingerprint density at radius 3 is 1.55 bits per heavy atom. The molecule has 0 aromatic heterocycles. The summed E-state index contributed by atoms with van der Waals surface area (Å²) in [7, 11) is 0. The van der Waals surface area contributed by atoms with Crippen molar-refractivity contribution in [3.8, 4) is 0 Å². The molecule has 1 aliphatic rings. The summed E-state index contributed by atoms with van der Waals surface area (Å²) < 4.78 is 0. The molecule has 2 heteroatoms. The van der Waals surface area contributed by atoms with Gasteiger partial charge in [-0.05, 0) is 96.5 Å². The minimum absolute atomic E-state index is 0.165. The minimum atomic E-state index is 0.165. The third-order valence-electron chi connectivity index (χ3n) is 7.74. The Morgan fingerprint density at radius 1 is 0.632 bits per heavy atom. The van der Waals surface area contributed by atoms with Crippen LogP contribution >= 0.6 is 0 Å². The molecule has 0 N–H and O–H groups in total. The van der Waals surface area contributed by atoms with Crippen molar-refractivity contribution in [2.24, 2.45) is 5.92 Å². The molecule has 1 atom stereocenters. The van der Waals surface area contributed by atoms with Gasteiger partial charge < -0.3 is 9.80 Å². The van der Waals surface area contributed by atoms with Gasteiger partial charge in [-0.25, -0.2) is 0 Å². The van der Waals surface area contributed by atoms with E-state index in [0.29, 0.717) is 5.92 Å². The molecule has 4 aromatic carbocycles. The zero-order valence-corrected chi connectivity index (χ0v) is 23.0. The van der Waals surface area contributed by atoms with E-state index in [1.165, 1.54) is 16.9 Å². The molecule has 0 bridgehead atoms. The lowest BCUT2D eigenvalue weighted by atomic mass is 9.82. The standard InChI is InChI=1S/C36H38N2/c1-5-36(3,4)29-18-22-33(23-19-29)38(31-14-10-7-11-15-31)35-26-24-34(25-27-35)37(30-12-8-6-9-13-30)32-20-16-28(2)17-21-32/h6-16,18-28H,5,17H2,1-4H3. The van der Waals surface area contributed by atoms with Crippen LogP contribution in [0.2, 0.25) is 0 Å². The van der Waals surface area contributed by atoms with Crippen LogP contribution in [-0.2, 0) is 5.41 Å². The normalized spacial score (nSPS) is 15.2. The highest BCUT2D eigenvalue weighted by Crippen LogP contribution is 2.39. The fourth-order valence-corrected chi connectivity index (χ4v) is 4.95. The van der Waals surface area contributed by atoms with Crippen LogP contribution in [0.25, 0.3) is 0 Å². The average Bonchev–Trinajstić information content (AvgIpc) is 2.97. The van der Waals surface area contributed by atoms with Gasteiger partial charge in [-0.15, -0.1) is 0 Å². The van der Waals surface area contributed by atoms with E-state index in [4.69, 9.17) is 0 Å². The second kappa shape index (κ2) is 11.1. The van der Waals surface area contributed by atoms with Gasteiger partial charge >= 0.3 is 0 Å². The van der Waals surface area contributed by atoms with Crippen molar-refractivity contribution >= 4 is 28.4 Å². The first kappa shape index (κ1) is 25.6. The van der Waals surface area contributed by atoms with Crippen molar-refractivity contribution in [2.75, 3.05) is 9.80 Å². The van der Waals surface area contributed by atoms with Gasteiger partial charge in [-0.1, -0.05) is 88.4 Å². The molecule has 192 valence electrons. The first-order valence-corrected chi connectivity index (χ1v) is 13.8. The number of para-hydroxylation sites is 2. The van der Waals surface area contributed by atoms with Gasteiger partial charge in [0.15, 0.2) is 0 Å². The van der Waals surface area contributed by atoms with E-state index in [1.54, 1.807) is 0 Å². The van der Waals surface area contributed by atoms with E-state index >= 15 is 0 Å². The van der Waals surface area contributed by atoms with E-state index in [0.717, 1.165) is 35.6 Å². The van der Waals surface area contributed by atoms with Crippen molar-refractivity contribution in [2.45, 2.75) is 46.0 Å². The van der Waals surface area contributed by atoms with Crippen LogP contribution in [0, 0.1) is 5.92 Å². The van der Waals surface area contributed by atoms with Gasteiger partial charge in [-0.3, -0.25) is 0 Å². The van der Waals surface area contributed by atoms with E-state index in [1.807, 2.05) is 0 Å². The minimum Gasteiger partial charge on any atom is -0.311 e. The maximum atomic E-state index is 2.35. The van der Waals surface area contributed by atoms with Gasteiger partial charge in [0.05, 0.1) is 0 Å². The molecule has 0 saturated carbocycles. The number of hydrogen-bond donors (Lipinski definition) is 0. The molecule has 0 radical (unpaired) electrons. The van der Waals surface area contributed by atoms with Gasteiger partial charge in [-0.2, -0.15) is 0 Å². The summed E-state index contributed by atoms with van der Waals surface area (Å²) in [6.45, 7) is 9.14. The number of rotatable bonds is 8. The fraction of sp³-hybridized carbons (Fsp3) is 0.222. The topological polar surface area (TPSA) is 6.48 Å². The molecule has 0 heterocycles. The Kier molecular flexibility index (Phi) is 7.51. The molecule has 4 aromatic rings. The molecular weight excluding hydrogens is 460 g/mol. The molecule has 0 amide bonds. The third-order valence-corrected chi connectivity index (χ3v) is 7.74. The summed E-state index contributed by atoms with van der Waals surface area (Å²) in [5.74, 6) is 0.576. The Bertz CT molecular complexity index is 1380. The molecular formula is C36H38N2. The Labute approximate surface area is 228 Å². The molecule has 5 rings (SSSR count). The second-order valence-corrected chi connectivity index (χ2v) is 10.8. The Hall–Kier alpha value is -4.04. The van der Waals surface area contributed by atoms with E-state index in [-0.39, 0.29) is 5.41 Å². The van der Waals surface area contributed by atoms with Gasteiger partial charge in [0, 0.05) is 34.1 Å². The molecule has 0 spiro atoms. The lowest BCUT2D eigenvalue weighted by molar-refractivity contribution is 0.506. The van der Waals surface area contributed by atoms with Crippen LogP contribution in [-0.4, -0.2) is 0 Å². The van der Waals surface area contributed by atoms with Gasteiger partial charge in [0.2, 0.25) is 0 Å². The summed E-state index contributed by atoms with van der Waals surface area (Å²) in [5, 5.41) is 0. The lowest BCUT2D eigenvalue weighted by Crippen LogP contribution is -2.17. The number of nitrogens with zero attached hydrogens (tertiary/aromatic N) is 2. The first-order valence-electron chi connectivity index (χ1n) is 13.8. The molecule has 38 heavy (non-hydrogen) atoms. The van der Waals surface area contributed by atoms with Gasteiger partial charge in [0.25, 0.3) is 0 Å². The number of hydrogen-bond acceptors (Lipinski definition) is 2. The number of anilines is 5. The van der Waals surface area contributed by atoms with Crippen LogP contribution in [0.4, 0.5) is 28.4 Å². The van der Waals surface area contributed by atoms with E-state index in [9.17, 15) is 0 Å². The predicted molar refractivity (Wildman–Crippen MR) is 164 cm³/mol. The zero-order valence-electron chi connectivity index (χ0n) is 23.0. The number of allylic oxidation sites excluding steroid dienone is 3. The summed E-state index contributed by atoms with van der Waals surface area (Å²) >= 11 is 0. The SMILES string of the molecule is CCC(C)(C)c1ccc(N(c2ccccc2)c2ccc(N(C3=CCC(C)C=C3)c3ccccc3)cc2)cc1. The Balaban J connectivity index is 1.53. The van der Waals surface area contributed by atoms with Crippen molar-refractivity contribution < 1.29 is 0 Å². The number of benzene rings is 4. The maximum Gasteiger partial charge on any atom is 0.0463 e. The first-order chi connectivity index (χ1) is 18.5. The largest absolute Gasteiger partial charge is 0.311 e. The summed E-state index contributed by atoms with van der Waals surface area (Å²) in [6, 6.07) is 39.3. The lowest BCUT2D eigenvalue weighted by Gasteiger charge is -2.30. The fourth-order valence-electron chi connectivity index (χ4n) is 4.95. The highest BCUT2D eigenvalue weighted by atomic mass is 15.2. The average molecular weight is 499 g/mol. The van der Waals surface area contributed by atoms with Crippen molar-refractivity contribution in [3.63, 3.8) is 0 Å². The third kappa shape index (κ3) is 5.45. The monoisotopic (exact) mass is 498 g/mol. The maximum absolute atomic E-state index is 2.35. The molecule has 0 aliphatic heterocycles. The molecule has 0 fully saturated rings. The molecule has 1 aliphatic carbocycles. The van der Waals surface area contributed by atoms with Crippen LogP contribution in [0.15, 0.2) is 133 Å². The summed E-state index contributed by atoms with van der Waals surface area (Å²) in [4.78, 5) is 4.68. The summed E-state index contributed by atoms with van der Waals surface area (Å²) in [5.41, 5.74) is 8.51. The molecule has 0 saturated heterocycles. The Morgan fingerprint density at radius 2 is 1.08 bits per heavy atom. The van der Waals surface area contributed by atoms with Crippen LogP contribution in [0.1, 0.15) is 46.1 Å². The van der Waals surface area contributed by atoms with E-state index in [2.05, 4.69) is 165 Å². The zero-order chi connectivity index (χ0) is 26.5. The van der Waals surface area contributed by atoms with Crippen molar-refractivity contribution in [3.05, 3.63) is 139 Å². The smallest absolute Gasteiger partial charge is 0.0463 e. The van der Waals surface area contributed by atoms with E-state index < -0.39 is 0 Å². The molecule has 2 nitrogen and oxygen atoms in total. The quantitative estimate of drug-likeness (QED) is 0.238.